The SMILES string of the molecule is N#CC(N)c1cc(O)ccc1Cl. The summed E-state index contributed by atoms with van der Waals surface area (Å²) < 4.78 is 0. The van der Waals surface area contributed by atoms with Gasteiger partial charge in [0.15, 0.2) is 0 Å². The summed E-state index contributed by atoms with van der Waals surface area (Å²) in [5.41, 5.74) is 5.85. The third-order valence-electron chi connectivity index (χ3n) is 1.45. The number of hydrogen-bond donors (Lipinski definition) is 2. The molecule has 0 aliphatic rings. The van der Waals surface area contributed by atoms with Gasteiger partial charge < -0.3 is 10.8 Å². The van der Waals surface area contributed by atoms with E-state index in [4.69, 9.17) is 27.7 Å². The Kier molecular flexibility index (Phi) is 2.54. The lowest BCUT2D eigenvalue weighted by atomic mass is 10.1. The van der Waals surface area contributed by atoms with E-state index in [1.807, 2.05) is 6.07 Å². The Hall–Kier alpha value is -1.24. The van der Waals surface area contributed by atoms with Crippen LogP contribution in [0.5, 0.6) is 5.75 Å². The number of benzene rings is 1. The van der Waals surface area contributed by atoms with E-state index in [1.54, 1.807) is 0 Å². The molecule has 0 spiro atoms. The molecule has 0 bridgehead atoms. The molecule has 0 aromatic heterocycles. The van der Waals surface area contributed by atoms with Gasteiger partial charge in [0, 0.05) is 10.6 Å². The molecule has 1 rings (SSSR count). The topological polar surface area (TPSA) is 70.0 Å². The fourth-order valence-electron chi connectivity index (χ4n) is 0.839. The van der Waals surface area contributed by atoms with Gasteiger partial charge in [-0.15, -0.1) is 0 Å². The molecule has 1 aromatic rings. The molecule has 0 aliphatic carbocycles. The second-order valence-corrected chi connectivity index (χ2v) is 2.72. The summed E-state index contributed by atoms with van der Waals surface area (Å²) >= 11 is 5.73. The average Bonchev–Trinajstić information content (AvgIpc) is 2.08. The van der Waals surface area contributed by atoms with Crippen molar-refractivity contribution in [3.8, 4) is 11.8 Å². The van der Waals surface area contributed by atoms with Crippen molar-refractivity contribution in [3.63, 3.8) is 0 Å². The van der Waals surface area contributed by atoms with E-state index >= 15 is 0 Å². The minimum absolute atomic E-state index is 0.0556. The van der Waals surface area contributed by atoms with Crippen LogP contribution >= 0.6 is 11.6 Å². The molecular weight excluding hydrogens is 176 g/mol. The number of rotatable bonds is 1. The highest BCUT2D eigenvalue weighted by atomic mass is 35.5. The smallest absolute Gasteiger partial charge is 0.120 e. The molecule has 12 heavy (non-hydrogen) atoms. The molecular formula is C8H7ClN2O. The van der Waals surface area contributed by atoms with Gasteiger partial charge in [-0.25, -0.2) is 0 Å². The Labute approximate surface area is 75.0 Å². The van der Waals surface area contributed by atoms with E-state index < -0.39 is 6.04 Å². The van der Waals surface area contributed by atoms with Gasteiger partial charge in [0.2, 0.25) is 0 Å². The molecule has 1 aromatic carbocycles. The summed E-state index contributed by atoms with van der Waals surface area (Å²) in [6, 6.07) is 5.37. The van der Waals surface area contributed by atoms with Crippen molar-refractivity contribution in [2.75, 3.05) is 0 Å². The predicted molar refractivity (Wildman–Crippen MR) is 45.7 cm³/mol. The zero-order valence-corrected chi connectivity index (χ0v) is 6.92. The number of aromatic hydroxyl groups is 1. The second-order valence-electron chi connectivity index (χ2n) is 2.31. The van der Waals surface area contributed by atoms with Crippen LogP contribution in [0.2, 0.25) is 5.02 Å². The molecule has 62 valence electrons. The van der Waals surface area contributed by atoms with Crippen molar-refractivity contribution in [3.05, 3.63) is 28.8 Å². The highest BCUT2D eigenvalue weighted by molar-refractivity contribution is 6.31. The Morgan fingerprint density at radius 1 is 1.58 bits per heavy atom. The molecule has 0 aliphatic heterocycles. The lowest BCUT2D eigenvalue weighted by Gasteiger charge is -2.05. The van der Waals surface area contributed by atoms with Crippen molar-refractivity contribution in [1.82, 2.24) is 0 Å². The van der Waals surface area contributed by atoms with Crippen molar-refractivity contribution < 1.29 is 5.11 Å². The number of phenols is 1. The van der Waals surface area contributed by atoms with Crippen LogP contribution < -0.4 is 5.73 Å². The van der Waals surface area contributed by atoms with Gasteiger partial charge in [-0.3, -0.25) is 0 Å². The van der Waals surface area contributed by atoms with Gasteiger partial charge in [-0.1, -0.05) is 11.6 Å². The van der Waals surface area contributed by atoms with Gasteiger partial charge in [0.1, 0.15) is 11.8 Å². The maximum atomic E-state index is 9.06. The van der Waals surface area contributed by atoms with E-state index in [0.717, 1.165) is 0 Å². The number of nitrogens with zero attached hydrogens (tertiary/aromatic N) is 1. The fraction of sp³-hybridized carbons (Fsp3) is 0.125. The van der Waals surface area contributed by atoms with Gasteiger partial charge in [-0.05, 0) is 18.2 Å². The standard InChI is InChI=1S/C8H7ClN2O/c9-7-2-1-5(12)3-6(7)8(11)4-10/h1-3,8,12H,11H2. The summed E-state index contributed by atoms with van der Waals surface area (Å²) in [6.07, 6.45) is 0. The first-order valence-electron chi connectivity index (χ1n) is 3.28. The lowest BCUT2D eigenvalue weighted by Crippen LogP contribution is -2.07. The summed E-state index contributed by atoms with van der Waals surface area (Å²) in [6.45, 7) is 0. The van der Waals surface area contributed by atoms with Gasteiger partial charge >= 0.3 is 0 Å². The Morgan fingerprint density at radius 3 is 2.83 bits per heavy atom. The minimum atomic E-state index is -0.787. The normalized spacial score (nSPS) is 12.1. The summed E-state index contributed by atoms with van der Waals surface area (Å²) in [5.74, 6) is 0.0556. The molecule has 3 nitrogen and oxygen atoms in total. The molecule has 0 amide bonds. The van der Waals surface area contributed by atoms with Gasteiger partial charge in [-0.2, -0.15) is 5.26 Å². The van der Waals surface area contributed by atoms with Crippen LogP contribution in [0, 0.1) is 11.3 Å². The van der Waals surface area contributed by atoms with Crippen LogP contribution in [-0.4, -0.2) is 5.11 Å². The molecule has 0 fully saturated rings. The van der Waals surface area contributed by atoms with Gasteiger partial charge in [0.05, 0.1) is 6.07 Å². The van der Waals surface area contributed by atoms with Crippen LogP contribution in [0.25, 0.3) is 0 Å². The van der Waals surface area contributed by atoms with Crippen LogP contribution in [0.1, 0.15) is 11.6 Å². The Balaban J connectivity index is 3.15. The number of halogens is 1. The summed E-state index contributed by atoms with van der Waals surface area (Å²) in [7, 11) is 0. The molecule has 4 heteroatoms. The largest absolute Gasteiger partial charge is 0.508 e. The second kappa shape index (κ2) is 3.44. The van der Waals surface area contributed by atoms with Crippen molar-refractivity contribution in [2.45, 2.75) is 6.04 Å². The summed E-state index contributed by atoms with van der Waals surface area (Å²) in [5, 5.41) is 17.9. The Morgan fingerprint density at radius 2 is 2.25 bits per heavy atom. The number of hydrogen-bond acceptors (Lipinski definition) is 3. The Bertz CT molecular complexity index is 332. The molecule has 0 heterocycles. The highest BCUT2D eigenvalue weighted by Crippen LogP contribution is 2.25. The van der Waals surface area contributed by atoms with E-state index in [9.17, 15) is 0 Å². The maximum absolute atomic E-state index is 9.06. The van der Waals surface area contributed by atoms with Crippen LogP contribution in [0.3, 0.4) is 0 Å². The summed E-state index contributed by atoms with van der Waals surface area (Å²) in [4.78, 5) is 0. The predicted octanol–water partition coefficient (Wildman–Crippen LogP) is 1.57. The zero-order chi connectivity index (χ0) is 9.14. The van der Waals surface area contributed by atoms with E-state index in [-0.39, 0.29) is 5.75 Å². The molecule has 0 radical (unpaired) electrons. The molecule has 1 atom stereocenters. The number of phenolic OH excluding ortho intramolecular Hbond substituents is 1. The fourth-order valence-corrected chi connectivity index (χ4v) is 1.07. The average molecular weight is 183 g/mol. The quantitative estimate of drug-likeness (QED) is 0.693. The van der Waals surface area contributed by atoms with E-state index in [0.29, 0.717) is 10.6 Å². The molecule has 1 unspecified atom stereocenters. The van der Waals surface area contributed by atoms with Crippen molar-refractivity contribution >= 4 is 11.6 Å². The first-order valence-corrected chi connectivity index (χ1v) is 3.66. The lowest BCUT2D eigenvalue weighted by molar-refractivity contribution is 0.474. The molecule has 0 saturated heterocycles. The minimum Gasteiger partial charge on any atom is -0.508 e. The molecule has 3 N–H and O–H groups in total. The van der Waals surface area contributed by atoms with E-state index in [2.05, 4.69) is 0 Å². The van der Waals surface area contributed by atoms with Gasteiger partial charge in [0.25, 0.3) is 0 Å². The first kappa shape index (κ1) is 8.85. The zero-order valence-electron chi connectivity index (χ0n) is 6.16. The van der Waals surface area contributed by atoms with Crippen LogP contribution in [0.4, 0.5) is 0 Å². The van der Waals surface area contributed by atoms with Crippen molar-refractivity contribution in [1.29, 1.82) is 5.26 Å². The third kappa shape index (κ3) is 1.67. The van der Waals surface area contributed by atoms with E-state index in [1.165, 1.54) is 18.2 Å². The number of nitriles is 1. The van der Waals surface area contributed by atoms with Crippen LogP contribution in [-0.2, 0) is 0 Å². The highest BCUT2D eigenvalue weighted by Gasteiger charge is 2.09. The first-order chi connectivity index (χ1) is 5.65. The third-order valence-corrected chi connectivity index (χ3v) is 1.80. The van der Waals surface area contributed by atoms with Crippen molar-refractivity contribution in [2.24, 2.45) is 5.73 Å². The maximum Gasteiger partial charge on any atom is 0.120 e. The van der Waals surface area contributed by atoms with Crippen LogP contribution in [0.15, 0.2) is 18.2 Å². The molecule has 0 saturated carbocycles. The monoisotopic (exact) mass is 182 g/mol. The number of nitrogens with two attached hydrogens (primary N) is 1.